The van der Waals surface area contributed by atoms with Crippen molar-refractivity contribution in [1.82, 2.24) is 9.88 Å². The number of ether oxygens (including phenoxy) is 2. The summed E-state index contributed by atoms with van der Waals surface area (Å²) in [7, 11) is 0. The first-order valence-corrected chi connectivity index (χ1v) is 9.18. The van der Waals surface area contributed by atoms with Crippen LogP contribution in [0.1, 0.15) is 34.5 Å². The Morgan fingerprint density at radius 3 is 2.85 bits per heavy atom. The third kappa shape index (κ3) is 3.37. The zero-order chi connectivity index (χ0) is 18.0. The molecule has 5 nitrogen and oxygen atoms in total. The van der Waals surface area contributed by atoms with Gasteiger partial charge in [-0.15, -0.1) is 0 Å². The molecule has 1 aromatic carbocycles. The van der Waals surface area contributed by atoms with Crippen LogP contribution in [0.4, 0.5) is 0 Å². The van der Waals surface area contributed by atoms with E-state index in [2.05, 4.69) is 17.1 Å². The van der Waals surface area contributed by atoms with E-state index in [-0.39, 0.29) is 17.6 Å². The summed E-state index contributed by atoms with van der Waals surface area (Å²) >= 11 is 0. The minimum Gasteiger partial charge on any atom is -0.370 e. The van der Waals surface area contributed by atoms with Crippen molar-refractivity contribution in [2.75, 3.05) is 19.7 Å². The van der Waals surface area contributed by atoms with Gasteiger partial charge in [-0.25, -0.2) is 0 Å². The maximum absolute atomic E-state index is 12.9. The fourth-order valence-electron chi connectivity index (χ4n) is 3.86. The van der Waals surface area contributed by atoms with Crippen molar-refractivity contribution in [3.8, 4) is 0 Å². The van der Waals surface area contributed by atoms with Crippen molar-refractivity contribution < 1.29 is 14.3 Å². The fraction of sp³-hybridized carbons (Fsp3) is 0.429. The first-order valence-electron chi connectivity index (χ1n) is 9.18. The number of benzene rings is 1. The van der Waals surface area contributed by atoms with Gasteiger partial charge in [0, 0.05) is 18.5 Å². The molecule has 0 radical (unpaired) electrons. The molecule has 2 fully saturated rings. The second kappa shape index (κ2) is 7.17. The highest BCUT2D eigenvalue weighted by atomic mass is 16.6. The van der Waals surface area contributed by atoms with E-state index in [0.29, 0.717) is 25.3 Å². The van der Waals surface area contributed by atoms with E-state index in [9.17, 15) is 4.79 Å². The van der Waals surface area contributed by atoms with Crippen molar-refractivity contribution in [3.05, 3.63) is 65.5 Å². The van der Waals surface area contributed by atoms with E-state index in [4.69, 9.17) is 9.47 Å². The minimum absolute atomic E-state index is 0.00168. The molecule has 2 aliphatic rings. The Morgan fingerprint density at radius 2 is 2.15 bits per heavy atom. The first-order chi connectivity index (χ1) is 12.7. The Balaban J connectivity index is 1.48. The summed E-state index contributed by atoms with van der Waals surface area (Å²) in [5.41, 5.74) is 2.28. The molecule has 5 heteroatoms. The molecule has 0 saturated carbocycles. The second-order valence-electron chi connectivity index (χ2n) is 7.18. The highest BCUT2D eigenvalue weighted by molar-refractivity contribution is 5.94. The largest absolute Gasteiger partial charge is 0.370 e. The molecule has 26 heavy (non-hydrogen) atoms. The van der Waals surface area contributed by atoms with Gasteiger partial charge in [0.25, 0.3) is 5.91 Å². The number of rotatable bonds is 4. The van der Waals surface area contributed by atoms with Crippen molar-refractivity contribution in [2.45, 2.75) is 38.1 Å². The summed E-state index contributed by atoms with van der Waals surface area (Å²) in [6, 6.07) is 13.8. The standard InChI is InChI=1S/C21H24N2O3/c1-16-8-9-18(12-22-16)20(24)23-13-19(21(15-23)10-5-11-26-21)25-14-17-6-3-2-4-7-17/h2-4,6-9,12,19H,5,10-11,13-15H2,1H3/t19-,21-/m0/s1. The van der Waals surface area contributed by atoms with E-state index in [0.717, 1.165) is 30.7 Å². The zero-order valence-corrected chi connectivity index (χ0v) is 15.1. The van der Waals surface area contributed by atoms with Crippen LogP contribution in [0.2, 0.25) is 0 Å². The van der Waals surface area contributed by atoms with Gasteiger partial charge in [-0.05, 0) is 37.5 Å². The molecule has 0 unspecified atom stereocenters. The van der Waals surface area contributed by atoms with Gasteiger partial charge in [-0.1, -0.05) is 30.3 Å². The molecular formula is C21H24N2O3. The molecule has 1 spiro atoms. The average Bonchev–Trinajstić information content (AvgIpc) is 3.29. The summed E-state index contributed by atoms with van der Waals surface area (Å²) in [6.07, 6.45) is 3.49. The van der Waals surface area contributed by atoms with Crippen LogP contribution in [0.25, 0.3) is 0 Å². The molecule has 1 aromatic heterocycles. The highest BCUT2D eigenvalue weighted by Crippen LogP contribution is 2.37. The normalized spacial score (nSPS) is 25.1. The number of pyridine rings is 1. The van der Waals surface area contributed by atoms with E-state index < -0.39 is 0 Å². The van der Waals surface area contributed by atoms with Crippen LogP contribution in [-0.2, 0) is 16.1 Å². The number of nitrogens with zero attached hydrogens (tertiary/aromatic N) is 2. The Bertz CT molecular complexity index is 755. The fourth-order valence-corrected chi connectivity index (χ4v) is 3.86. The number of carbonyl (C=O) groups is 1. The third-order valence-electron chi connectivity index (χ3n) is 5.30. The molecular weight excluding hydrogens is 328 g/mol. The lowest BCUT2D eigenvalue weighted by molar-refractivity contribution is -0.0959. The van der Waals surface area contributed by atoms with Gasteiger partial charge in [-0.3, -0.25) is 9.78 Å². The van der Waals surface area contributed by atoms with Crippen molar-refractivity contribution in [3.63, 3.8) is 0 Å². The highest BCUT2D eigenvalue weighted by Gasteiger charge is 2.51. The molecule has 1 amide bonds. The first kappa shape index (κ1) is 17.2. The van der Waals surface area contributed by atoms with Crippen LogP contribution in [0, 0.1) is 6.92 Å². The lowest BCUT2D eigenvalue weighted by Gasteiger charge is -2.28. The number of aromatic nitrogens is 1. The lowest BCUT2D eigenvalue weighted by atomic mass is 9.96. The topological polar surface area (TPSA) is 51.7 Å². The molecule has 3 heterocycles. The smallest absolute Gasteiger partial charge is 0.255 e. The molecule has 4 rings (SSSR count). The third-order valence-corrected chi connectivity index (χ3v) is 5.30. The van der Waals surface area contributed by atoms with E-state index in [1.807, 2.05) is 42.2 Å². The molecule has 2 aliphatic heterocycles. The van der Waals surface area contributed by atoms with E-state index >= 15 is 0 Å². The number of hydrogen-bond donors (Lipinski definition) is 0. The Kier molecular flexibility index (Phi) is 4.74. The van der Waals surface area contributed by atoms with Crippen LogP contribution in [0.5, 0.6) is 0 Å². The molecule has 0 bridgehead atoms. The molecule has 2 saturated heterocycles. The SMILES string of the molecule is Cc1ccc(C(=O)N2C[C@H](OCc3ccccc3)[C@]3(CCCO3)C2)cn1. The van der Waals surface area contributed by atoms with Crippen LogP contribution in [0.15, 0.2) is 48.7 Å². The Labute approximate surface area is 153 Å². The van der Waals surface area contributed by atoms with Crippen LogP contribution >= 0.6 is 0 Å². The second-order valence-corrected chi connectivity index (χ2v) is 7.18. The van der Waals surface area contributed by atoms with Gasteiger partial charge in [0.15, 0.2) is 0 Å². The van der Waals surface area contributed by atoms with Crippen molar-refractivity contribution in [1.29, 1.82) is 0 Å². The predicted molar refractivity (Wildman–Crippen MR) is 97.8 cm³/mol. The summed E-state index contributed by atoms with van der Waals surface area (Å²) in [5.74, 6) is -0.00168. The van der Waals surface area contributed by atoms with Crippen LogP contribution in [0.3, 0.4) is 0 Å². The molecule has 0 N–H and O–H groups in total. The quantitative estimate of drug-likeness (QED) is 0.849. The van der Waals surface area contributed by atoms with Crippen LogP contribution in [-0.4, -0.2) is 47.2 Å². The number of likely N-dealkylation sites (tertiary alicyclic amines) is 1. The average molecular weight is 352 g/mol. The van der Waals surface area contributed by atoms with Gasteiger partial charge in [0.2, 0.25) is 0 Å². The maximum atomic E-state index is 12.9. The van der Waals surface area contributed by atoms with Gasteiger partial charge in [0.1, 0.15) is 11.7 Å². The number of aryl methyl sites for hydroxylation is 1. The molecule has 136 valence electrons. The van der Waals surface area contributed by atoms with Gasteiger partial charge in [0.05, 0.1) is 25.3 Å². The maximum Gasteiger partial charge on any atom is 0.255 e. The summed E-state index contributed by atoms with van der Waals surface area (Å²) in [6.45, 7) is 4.32. The lowest BCUT2D eigenvalue weighted by Crippen LogP contribution is -2.42. The molecule has 2 aromatic rings. The summed E-state index contributed by atoms with van der Waals surface area (Å²) in [5, 5.41) is 0. The van der Waals surface area contributed by atoms with Gasteiger partial charge in [-0.2, -0.15) is 0 Å². The van der Waals surface area contributed by atoms with Crippen molar-refractivity contribution >= 4 is 5.91 Å². The Morgan fingerprint density at radius 1 is 1.31 bits per heavy atom. The zero-order valence-electron chi connectivity index (χ0n) is 15.1. The van der Waals surface area contributed by atoms with Gasteiger partial charge < -0.3 is 14.4 Å². The van der Waals surface area contributed by atoms with E-state index in [1.165, 1.54) is 0 Å². The molecule has 0 aliphatic carbocycles. The molecule has 2 atom stereocenters. The number of hydrogen-bond acceptors (Lipinski definition) is 4. The van der Waals surface area contributed by atoms with E-state index in [1.54, 1.807) is 6.20 Å². The summed E-state index contributed by atoms with van der Waals surface area (Å²) in [4.78, 5) is 19.0. The summed E-state index contributed by atoms with van der Waals surface area (Å²) < 4.78 is 12.3. The van der Waals surface area contributed by atoms with Crippen molar-refractivity contribution in [2.24, 2.45) is 0 Å². The predicted octanol–water partition coefficient (Wildman–Crippen LogP) is 2.98. The Hall–Kier alpha value is -2.24. The number of amides is 1. The van der Waals surface area contributed by atoms with Gasteiger partial charge >= 0.3 is 0 Å². The monoisotopic (exact) mass is 352 g/mol. The van der Waals surface area contributed by atoms with Crippen LogP contribution < -0.4 is 0 Å². The minimum atomic E-state index is -0.372. The number of carbonyl (C=O) groups excluding carboxylic acids is 1.